The van der Waals surface area contributed by atoms with E-state index < -0.39 is 0 Å². The highest BCUT2D eigenvalue weighted by Gasteiger charge is 2.18. The lowest BCUT2D eigenvalue weighted by atomic mass is 10.1. The molecular weight excluding hydrogens is 360 g/mol. The Hall–Kier alpha value is -3.61. The molecule has 7 heteroatoms. The zero-order chi connectivity index (χ0) is 19.3. The molecule has 0 saturated carbocycles. The van der Waals surface area contributed by atoms with Gasteiger partial charge in [-0.3, -0.25) is 9.36 Å². The smallest absolute Gasteiger partial charge is 0.260 e. The monoisotopic (exact) mass is 378 g/mol. The minimum Gasteiger partial charge on any atom is -0.454 e. The van der Waals surface area contributed by atoms with E-state index in [2.05, 4.69) is 5.32 Å². The van der Waals surface area contributed by atoms with Crippen molar-refractivity contribution in [3.8, 4) is 28.7 Å². The SMILES string of the molecule is Cc1c(Nc2ccc3c(c2)OCO3)cc(C)n(-c2ccc3c(c2)OCO3)c1=O. The number of nitrogens with zero attached hydrogens (tertiary/aromatic N) is 1. The zero-order valence-corrected chi connectivity index (χ0v) is 15.4. The van der Waals surface area contributed by atoms with Gasteiger partial charge >= 0.3 is 0 Å². The van der Waals surface area contributed by atoms with Crippen LogP contribution in [0.1, 0.15) is 11.3 Å². The van der Waals surface area contributed by atoms with E-state index in [-0.39, 0.29) is 19.1 Å². The molecule has 0 fully saturated rings. The van der Waals surface area contributed by atoms with Crippen molar-refractivity contribution in [3.63, 3.8) is 0 Å². The van der Waals surface area contributed by atoms with Gasteiger partial charge in [0.2, 0.25) is 13.6 Å². The van der Waals surface area contributed by atoms with Crippen molar-refractivity contribution >= 4 is 11.4 Å². The largest absolute Gasteiger partial charge is 0.454 e. The molecule has 1 aromatic heterocycles. The third-order valence-corrected chi connectivity index (χ3v) is 4.90. The molecule has 0 unspecified atom stereocenters. The Morgan fingerprint density at radius 2 is 1.46 bits per heavy atom. The first-order valence-corrected chi connectivity index (χ1v) is 8.90. The van der Waals surface area contributed by atoms with Crippen LogP contribution in [0.5, 0.6) is 23.0 Å². The molecule has 1 N–H and O–H groups in total. The van der Waals surface area contributed by atoms with Gasteiger partial charge in [-0.1, -0.05) is 0 Å². The summed E-state index contributed by atoms with van der Waals surface area (Å²) in [7, 11) is 0. The fourth-order valence-electron chi connectivity index (χ4n) is 3.43. The number of hydrogen-bond acceptors (Lipinski definition) is 6. The highest BCUT2D eigenvalue weighted by Crippen LogP contribution is 2.36. The van der Waals surface area contributed by atoms with E-state index in [9.17, 15) is 4.79 Å². The number of benzene rings is 2. The fraction of sp³-hybridized carbons (Fsp3) is 0.190. The van der Waals surface area contributed by atoms with Gasteiger partial charge in [0.05, 0.1) is 5.69 Å². The van der Waals surface area contributed by atoms with Gasteiger partial charge in [-0.15, -0.1) is 0 Å². The second-order valence-corrected chi connectivity index (χ2v) is 6.70. The van der Waals surface area contributed by atoms with Gasteiger partial charge in [0.1, 0.15) is 0 Å². The standard InChI is InChI=1S/C21H18N2O5/c1-12-7-16(22-14-3-5-17-19(8-14)27-10-25-17)13(2)21(24)23(12)15-4-6-18-20(9-15)28-11-26-18/h3-9,22H,10-11H2,1-2H3. The van der Waals surface area contributed by atoms with Crippen LogP contribution in [0.2, 0.25) is 0 Å². The van der Waals surface area contributed by atoms with Crippen molar-refractivity contribution < 1.29 is 18.9 Å². The summed E-state index contributed by atoms with van der Waals surface area (Å²) in [6.07, 6.45) is 0. The van der Waals surface area contributed by atoms with Crippen molar-refractivity contribution in [1.29, 1.82) is 0 Å². The van der Waals surface area contributed by atoms with Gasteiger partial charge < -0.3 is 24.3 Å². The number of hydrogen-bond donors (Lipinski definition) is 1. The molecule has 0 bridgehead atoms. The number of pyridine rings is 1. The summed E-state index contributed by atoms with van der Waals surface area (Å²) in [6, 6.07) is 13.0. The zero-order valence-electron chi connectivity index (χ0n) is 15.4. The van der Waals surface area contributed by atoms with E-state index >= 15 is 0 Å². The second-order valence-electron chi connectivity index (χ2n) is 6.70. The summed E-state index contributed by atoms with van der Waals surface area (Å²) in [6.45, 7) is 4.13. The highest BCUT2D eigenvalue weighted by atomic mass is 16.7. The minimum atomic E-state index is -0.0953. The molecule has 28 heavy (non-hydrogen) atoms. The van der Waals surface area contributed by atoms with E-state index in [1.807, 2.05) is 49.4 Å². The topological polar surface area (TPSA) is 71.0 Å². The first-order chi connectivity index (χ1) is 13.6. The molecular formula is C21H18N2O5. The van der Waals surface area contributed by atoms with Gasteiger partial charge in [0.25, 0.3) is 5.56 Å². The molecule has 3 heterocycles. The van der Waals surface area contributed by atoms with E-state index in [0.29, 0.717) is 22.8 Å². The second kappa shape index (κ2) is 6.23. The third kappa shape index (κ3) is 2.63. The molecule has 7 nitrogen and oxygen atoms in total. The summed E-state index contributed by atoms with van der Waals surface area (Å²) in [5.41, 5.74) is 3.63. The molecule has 2 aliphatic heterocycles. The summed E-state index contributed by atoms with van der Waals surface area (Å²) >= 11 is 0. The predicted molar refractivity (Wildman–Crippen MR) is 103 cm³/mol. The fourth-order valence-corrected chi connectivity index (χ4v) is 3.43. The van der Waals surface area contributed by atoms with Crippen LogP contribution in [-0.2, 0) is 0 Å². The van der Waals surface area contributed by atoms with E-state index in [0.717, 1.165) is 28.5 Å². The number of ether oxygens (including phenoxy) is 4. The minimum absolute atomic E-state index is 0.0953. The van der Waals surface area contributed by atoms with Crippen LogP contribution in [0.15, 0.2) is 47.3 Å². The van der Waals surface area contributed by atoms with Gasteiger partial charge in [-0.25, -0.2) is 0 Å². The molecule has 0 atom stereocenters. The van der Waals surface area contributed by atoms with Crippen LogP contribution in [0, 0.1) is 13.8 Å². The number of fused-ring (bicyclic) bond motifs is 2. The molecule has 0 amide bonds. The summed E-state index contributed by atoms with van der Waals surface area (Å²) < 4.78 is 23.2. The summed E-state index contributed by atoms with van der Waals surface area (Å²) in [4.78, 5) is 13.1. The van der Waals surface area contributed by atoms with Crippen LogP contribution in [-0.4, -0.2) is 18.2 Å². The Bertz CT molecular complexity index is 1150. The Labute approximate surface area is 161 Å². The van der Waals surface area contributed by atoms with Crippen molar-refractivity contribution in [2.75, 3.05) is 18.9 Å². The van der Waals surface area contributed by atoms with E-state index in [1.165, 1.54) is 0 Å². The van der Waals surface area contributed by atoms with Gasteiger partial charge in [0, 0.05) is 34.8 Å². The van der Waals surface area contributed by atoms with E-state index in [1.54, 1.807) is 11.5 Å². The summed E-state index contributed by atoms with van der Waals surface area (Å²) in [5.74, 6) is 2.74. The van der Waals surface area contributed by atoms with E-state index in [4.69, 9.17) is 18.9 Å². The van der Waals surface area contributed by atoms with Crippen molar-refractivity contribution in [3.05, 3.63) is 64.1 Å². The number of anilines is 2. The van der Waals surface area contributed by atoms with Gasteiger partial charge in [0.15, 0.2) is 23.0 Å². The Morgan fingerprint density at radius 3 is 2.21 bits per heavy atom. The van der Waals surface area contributed by atoms with Crippen molar-refractivity contribution in [2.45, 2.75) is 13.8 Å². The number of aryl methyl sites for hydroxylation is 1. The van der Waals surface area contributed by atoms with Gasteiger partial charge in [-0.05, 0) is 44.2 Å². The van der Waals surface area contributed by atoms with Gasteiger partial charge in [-0.2, -0.15) is 0 Å². The Balaban J connectivity index is 1.53. The normalized spacial score (nSPS) is 13.6. The number of nitrogens with one attached hydrogen (secondary N) is 1. The lowest BCUT2D eigenvalue weighted by molar-refractivity contribution is 0.173. The quantitative estimate of drug-likeness (QED) is 0.750. The third-order valence-electron chi connectivity index (χ3n) is 4.90. The molecule has 5 rings (SSSR count). The first kappa shape index (κ1) is 16.6. The molecule has 0 radical (unpaired) electrons. The maximum atomic E-state index is 13.1. The van der Waals surface area contributed by atoms with Crippen molar-refractivity contribution in [2.24, 2.45) is 0 Å². The molecule has 3 aromatic rings. The average molecular weight is 378 g/mol. The maximum Gasteiger partial charge on any atom is 0.260 e. The lowest BCUT2D eigenvalue weighted by Gasteiger charge is -2.16. The number of aromatic nitrogens is 1. The Morgan fingerprint density at radius 1 is 0.821 bits per heavy atom. The number of rotatable bonds is 3. The molecule has 0 spiro atoms. The molecule has 2 aromatic carbocycles. The molecule has 2 aliphatic rings. The maximum absolute atomic E-state index is 13.1. The lowest BCUT2D eigenvalue weighted by Crippen LogP contribution is -2.23. The van der Waals surface area contributed by atoms with Crippen LogP contribution in [0.4, 0.5) is 11.4 Å². The highest BCUT2D eigenvalue weighted by molar-refractivity contribution is 5.67. The first-order valence-electron chi connectivity index (χ1n) is 8.90. The predicted octanol–water partition coefficient (Wildman–Crippen LogP) is 3.66. The Kier molecular flexibility index (Phi) is 3.68. The average Bonchev–Trinajstić information content (AvgIpc) is 3.34. The summed E-state index contributed by atoms with van der Waals surface area (Å²) in [5, 5.41) is 3.31. The molecule has 142 valence electrons. The van der Waals surface area contributed by atoms with Crippen LogP contribution < -0.4 is 29.8 Å². The van der Waals surface area contributed by atoms with Crippen molar-refractivity contribution in [1.82, 2.24) is 4.57 Å². The molecule has 0 saturated heterocycles. The molecule has 0 aliphatic carbocycles. The van der Waals surface area contributed by atoms with Crippen LogP contribution in [0.3, 0.4) is 0 Å². The van der Waals surface area contributed by atoms with Crippen LogP contribution in [0.25, 0.3) is 5.69 Å². The van der Waals surface area contributed by atoms with Crippen LogP contribution >= 0.6 is 0 Å².